The molecule has 1 aromatic carbocycles. The van der Waals surface area contributed by atoms with Gasteiger partial charge in [-0.25, -0.2) is 4.79 Å². The summed E-state index contributed by atoms with van der Waals surface area (Å²) < 4.78 is 5.07. The van der Waals surface area contributed by atoms with Crippen molar-refractivity contribution in [1.29, 1.82) is 0 Å². The summed E-state index contributed by atoms with van der Waals surface area (Å²) in [6.07, 6.45) is 8.79. The Labute approximate surface area is 159 Å². The Bertz CT molecular complexity index is 703. The lowest BCUT2D eigenvalue weighted by Crippen LogP contribution is -2.35. The summed E-state index contributed by atoms with van der Waals surface area (Å²) in [5.74, 6) is -0.508. The Morgan fingerprint density at radius 3 is 2.30 bits per heavy atom. The fourth-order valence-electron chi connectivity index (χ4n) is 3.44. The molecule has 0 spiro atoms. The molecule has 3 rings (SSSR count). The van der Waals surface area contributed by atoms with Crippen molar-refractivity contribution in [3.8, 4) is 0 Å². The van der Waals surface area contributed by atoms with Crippen LogP contribution in [0.3, 0.4) is 0 Å². The van der Waals surface area contributed by atoms with Crippen LogP contribution in [0.5, 0.6) is 0 Å². The molecule has 2 fully saturated rings. The first-order chi connectivity index (χ1) is 13.1. The summed E-state index contributed by atoms with van der Waals surface area (Å²) in [5, 5.41) is 0. The Morgan fingerprint density at radius 2 is 1.67 bits per heavy atom. The zero-order valence-electron chi connectivity index (χ0n) is 15.6. The van der Waals surface area contributed by atoms with E-state index >= 15 is 0 Å². The van der Waals surface area contributed by atoms with Crippen molar-refractivity contribution >= 4 is 29.5 Å². The largest absolute Gasteiger partial charge is 0.452 e. The van der Waals surface area contributed by atoms with Crippen LogP contribution in [-0.4, -0.2) is 48.9 Å². The predicted octanol–water partition coefficient (Wildman–Crippen LogP) is 2.77. The fourth-order valence-corrected chi connectivity index (χ4v) is 3.44. The molecule has 0 N–H and O–H groups in total. The van der Waals surface area contributed by atoms with E-state index in [4.69, 9.17) is 4.74 Å². The molecule has 0 bridgehead atoms. The third-order valence-electron chi connectivity index (χ3n) is 4.99. The van der Waals surface area contributed by atoms with E-state index in [2.05, 4.69) is 0 Å². The second kappa shape index (κ2) is 9.35. The third-order valence-corrected chi connectivity index (χ3v) is 4.99. The van der Waals surface area contributed by atoms with Crippen molar-refractivity contribution < 1.29 is 19.1 Å². The molecule has 0 atom stereocenters. The van der Waals surface area contributed by atoms with E-state index in [-0.39, 0.29) is 18.4 Å². The number of likely N-dealkylation sites (tertiary alicyclic amines) is 1. The molecule has 0 saturated carbocycles. The minimum Gasteiger partial charge on any atom is -0.452 e. The highest BCUT2D eigenvalue weighted by molar-refractivity contribution is 5.95. The van der Waals surface area contributed by atoms with Crippen LogP contribution in [0.4, 0.5) is 5.69 Å². The van der Waals surface area contributed by atoms with Crippen molar-refractivity contribution in [3.05, 3.63) is 35.9 Å². The molecule has 1 aromatic rings. The smallest absolute Gasteiger partial charge is 0.331 e. The van der Waals surface area contributed by atoms with Gasteiger partial charge in [-0.1, -0.05) is 25.0 Å². The highest BCUT2D eigenvalue weighted by Crippen LogP contribution is 2.21. The number of carbonyl (C=O) groups is 3. The molecule has 0 radical (unpaired) electrons. The first kappa shape index (κ1) is 19.1. The van der Waals surface area contributed by atoms with Gasteiger partial charge in [-0.15, -0.1) is 0 Å². The van der Waals surface area contributed by atoms with Gasteiger partial charge in [0.1, 0.15) is 0 Å². The van der Waals surface area contributed by atoms with E-state index in [1.165, 1.54) is 6.08 Å². The lowest BCUT2D eigenvalue weighted by atomic mass is 10.2. The average Bonchev–Trinajstić information content (AvgIpc) is 2.94. The van der Waals surface area contributed by atoms with Gasteiger partial charge in [0.2, 0.25) is 5.91 Å². The SMILES string of the molecule is O=C(/C=C/c1ccc(N2CCCC2=O)cc1)OCC(=O)N1CCCCCC1. The molecule has 6 nitrogen and oxygen atoms in total. The molecule has 2 aliphatic rings. The van der Waals surface area contributed by atoms with Gasteiger partial charge in [0.05, 0.1) is 0 Å². The van der Waals surface area contributed by atoms with Gasteiger partial charge in [0.25, 0.3) is 5.91 Å². The van der Waals surface area contributed by atoms with Crippen LogP contribution in [-0.2, 0) is 19.1 Å². The van der Waals surface area contributed by atoms with Crippen LogP contribution >= 0.6 is 0 Å². The zero-order valence-corrected chi connectivity index (χ0v) is 15.6. The van der Waals surface area contributed by atoms with Crippen molar-refractivity contribution in [2.45, 2.75) is 38.5 Å². The molecule has 0 aliphatic carbocycles. The fraction of sp³-hybridized carbons (Fsp3) is 0.476. The standard InChI is InChI=1S/C21H26N2O4/c24-19-6-5-15-23(19)18-10-7-17(8-11-18)9-12-21(26)27-16-20(25)22-13-3-1-2-4-14-22/h7-12H,1-6,13-16H2/b12-9+. The Balaban J connectivity index is 1.46. The highest BCUT2D eigenvalue weighted by atomic mass is 16.5. The summed E-state index contributed by atoms with van der Waals surface area (Å²) in [6.45, 7) is 2.04. The van der Waals surface area contributed by atoms with Crippen LogP contribution in [0.2, 0.25) is 0 Å². The molecule has 2 heterocycles. The molecule has 2 amide bonds. The van der Waals surface area contributed by atoms with Gasteiger partial charge in [-0.3, -0.25) is 9.59 Å². The van der Waals surface area contributed by atoms with Crippen LogP contribution < -0.4 is 4.90 Å². The van der Waals surface area contributed by atoms with E-state index < -0.39 is 5.97 Å². The van der Waals surface area contributed by atoms with Crippen LogP contribution in [0.25, 0.3) is 6.08 Å². The normalized spacial score (nSPS) is 18.0. The number of hydrogen-bond acceptors (Lipinski definition) is 4. The summed E-state index contributed by atoms with van der Waals surface area (Å²) in [4.78, 5) is 39.3. The van der Waals surface area contributed by atoms with E-state index in [0.29, 0.717) is 6.42 Å². The second-order valence-electron chi connectivity index (χ2n) is 6.98. The molecule has 27 heavy (non-hydrogen) atoms. The van der Waals surface area contributed by atoms with Gasteiger partial charge >= 0.3 is 5.97 Å². The van der Waals surface area contributed by atoms with Gasteiger partial charge in [-0.05, 0) is 43.0 Å². The third kappa shape index (κ3) is 5.42. The predicted molar refractivity (Wildman–Crippen MR) is 103 cm³/mol. The van der Waals surface area contributed by atoms with Gasteiger partial charge in [0, 0.05) is 37.8 Å². The maximum atomic E-state index is 12.1. The zero-order chi connectivity index (χ0) is 19.1. The molecular formula is C21H26N2O4. The maximum Gasteiger partial charge on any atom is 0.331 e. The van der Waals surface area contributed by atoms with Crippen molar-refractivity contribution in [2.75, 3.05) is 31.1 Å². The molecule has 0 unspecified atom stereocenters. The highest BCUT2D eigenvalue weighted by Gasteiger charge is 2.21. The van der Waals surface area contributed by atoms with Gasteiger partial charge < -0.3 is 14.5 Å². The number of esters is 1. The Morgan fingerprint density at radius 1 is 0.963 bits per heavy atom. The number of hydrogen-bond donors (Lipinski definition) is 0. The lowest BCUT2D eigenvalue weighted by Gasteiger charge is -2.19. The van der Waals surface area contributed by atoms with Gasteiger partial charge in [-0.2, -0.15) is 0 Å². The van der Waals surface area contributed by atoms with E-state index in [9.17, 15) is 14.4 Å². The molecular weight excluding hydrogens is 344 g/mol. The summed E-state index contributed by atoms with van der Waals surface area (Å²) in [5.41, 5.74) is 1.71. The second-order valence-corrected chi connectivity index (χ2v) is 6.98. The number of ether oxygens (including phenoxy) is 1. The Hall–Kier alpha value is -2.63. The number of carbonyl (C=O) groups excluding carboxylic acids is 3. The van der Waals surface area contributed by atoms with E-state index in [1.807, 2.05) is 24.3 Å². The minimum atomic E-state index is -0.531. The minimum absolute atomic E-state index is 0.127. The van der Waals surface area contributed by atoms with E-state index in [1.54, 1.807) is 15.9 Å². The topological polar surface area (TPSA) is 66.9 Å². The number of rotatable bonds is 5. The molecule has 144 valence electrons. The summed E-state index contributed by atoms with van der Waals surface area (Å²) >= 11 is 0. The summed E-state index contributed by atoms with van der Waals surface area (Å²) in [6, 6.07) is 7.45. The quantitative estimate of drug-likeness (QED) is 0.590. The van der Waals surface area contributed by atoms with Gasteiger partial charge in [0.15, 0.2) is 6.61 Å². The average molecular weight is 370 g/mol. The maximum absolute atomic E-state index is 12.1. The van der Waals surface area contributed by atoms with Crippen LogP contribution in [0.1, 0.15) is 44.1 Å². The van der Waals surface area contributed by atoms with Crippen LogP contribution in [0.15, 0.2) is 30.3 Å². The summed E-state index contributed by atoms with van der Waals surface area (Å²) in [7, 11) is 0. The molecule has 0 aromatic heterocycles. The molecule has 6 heteroatoms. The first-order valence-electron chi connectivity index (χ1n) is 9.66. The monoisotopic (exact) mass is 370 g/mol. The number of amides is 2. The number of benzene rings is 1. The van der Waals surface area contributed by atoms with Crippen molar-refractivity contribution in [1.82, 2.24) is 4.90 Å². The number of nitrogens with zero attached hydrogens (tertiary/aromatic N) is 2. The lowest BCUT2D eigenvalue weighted by molar-refractivity contribution is -0.148. The van der Waals surface area contributed by atoms with Crippen molar-refractivity contribution in [3.63, 3.8) is 0 Å². The van der Waals surface area contributed by atoms with Crippen LogP contribution in [0, 0.1) is 0 Å². The van der Waals surface area contributed by atoms with Crippen molar-refractivity contribution in [2.24, 2.45) is 0 Å². The first-order valence-corrected chi connectivity index (χ1v) is 9.66. The Kier molecular flexibility index (Phi) is 6.63. The number of anilines is 1. The molecule has 2 aliphatic heterocycles. The molecule has 2 saturated heterocycles. The van der Waals surface area contributed by atoms with E-state index in [0.717, 1.165) is 63.0 Å².